The average Bonchev–Trinajstić information content (AvgIpc) is 3.15. The number of ether oxygens (including phenoxy) is 1. The zero-order chi connectivity index (χ0) is 21.3. The minimum atomic E-state index is -4.43. The lowest BCUT2D eigenvalue weighted by atomic mass is 9.97. The molecule has 0 aliphatic carbocycles. The number of hydrogen-bond donors (Lipinski definition) is 0. The Morgan fingerprint density at radius 1 is 1.23 bits per heavy atom. The zero-order valence-corrected chi connectivity index (χ0v) is 17.2. The molecule has 0 saturated carbocycles. The zero-order valence-electron chi connectivity index (χ0n) is 15.7. The van der Waals surface area contributed by atoms with Crippen LogP contribution in [0, 0.1) is 0 Å². The van der Waals surface area contributed by atoms with Gasteiger partial charge in [0, 0.05) is 36.3 Å². The van der Waals surface area contributed by atoms with Gasteiger partial charge in [0.1, 0.15) is 0 Å². The molecule has 1 aromatic carbocycles. The molecule has 5 nitrogen and oxygen atoms in total. The fourth-order valence-electron chi connectivity index (χ4n) is 3.35. The maximum atomic E-state index is 12.7. The van der Waals surface area contributed by atoms with Crippen molar-refractivity contribution in [2.45, 2.75) is 24.9 Å². The van der Waals surface area contributed by atoms with Crippen molar-refractivity contribution in [2.75, 3.05) is 19.7 Å². The van der Waals surface area contributed by atoms with Crippen molar-refractivity contribution in [1.29, 1.82) is 0 Å². The molecule has 1 aliphatic rings. The van der Waals surface area contributed by atoms with Crippen molar-refractivity contribution in [3.63, 3.8) is 0 Å². The summed E-state index contributed by atoms with van der Waals surface area (Å²) >= 11 is 7.68. The predicted molar refractivity (Wildman–Crippen MR) is 108 cm³/mol. The highest BCUT2D eigenvalue weighted by atomic mass is 35.5. The SMILES string of the molecule is O=C(c1ccc(OCC(F)(F)F)nc1)N1CCC(c2nc3cc(Cl)ccc3s2)CC1. The van der Waals surface area contributed by atoms with Crippen LogP contribution in [-0.4, -0.2) is 46.6 Å². The highest BCUT2D eigenvalue weighted by Gasteiger charge is 2.29. The number of piperidine rings is 1. The molecule has 0 N–H and O–H groups in total. The second-order valence-corrected chi connectivity index (χ2v) is 8.52. The second kappa shape index (κ2) is 8.39. The summed E-state index contributed by atoms with van der Waals surface area (Å²) in [7, 11) is 0. The van der Waals surface area contributed by atoms with Gasteiger partial charge in [-0.25, -0.2) is 9.97 Å². The fourth-order valence-corrected chi connectivity index (χ4v) is 4.64. The van der Waals surface area contributed by atoms with Gasteiger partial charge in [-0.2, -0.15) is 13.2 Å². The first-order valence-electron chi connectivity index (χ1n) is 9.29. The van der Waals surface area contributed by atoms with Crippen LogP contribution < -0.4 is 4.74 Å². The summed E-state index contributed by atoms with van der Waals surface area (Å²) in [6.45, 7) is -0.266. The van der Waals surface area contributed by atoms with Crippen molar-refractivity contribution < 1.29 is 22.7 Å². The van der Waals surface area contributed by atoms with Crippen LogP contribution in [0.25, 0.3) is 10.2 Å². The van der Waals surface area contributed by atoms with Gasteiger partial charge < -0.3 is 9.64 Å². The van der Waals surface area contributed by atoms with E-state index in [9.17, 15) is 18.0 Å². The lowest BCUT2D eigenvalue weighted by Crippen LogP contribution is -2.37. The quantitative estimate of drug-likeness (QED) is 0.535. The Balaban J connectivity index is 1.35. The molecule has 1 amide bonds. The van der Waals surface area contributed by atoms with Crippen LogP contribution in [0.1, 0.15) is 34.1 Å². The summed E-state index contributed by atoms with van der Waals surface area (Å²) in [5.41, 5.74) is 1.21. The smallest absolute Gasteiger partial charge is 0.422 e. The molecule has 0 radical (unpaired) electrons. The molecule has 0 bridgehead atoms. The highest BCUT2D eigenvalue weighted by molar-refractivity contribution is 7.18. The average molecular weight is 456 g/mol. The third kappa shape index (κ3) is 4.84. The van der Waals surface area contributed by atoms with Gasteiger partial charge in [0.25, 0.3) is 5.91 Å². The van der Waals surface area contributed by atoms with Crippen molar-refractivity contribution in [1.82, 2.24) is 14.9 Å². The molecule has 0 unspecified atom stereocenters. The Kier molecular flexibility index (Phi) is 5.84. The number of amides is 1. The minimum Gasteiger partial charge on any atom is -0.468 e. The fraction of sp³-hybridized carbons (Fsp3) is 0.350. The minimum absolute atomic E-state index is 0.168. The third-order valence-electron chi connectivity index (χ3n) is 4.86. The molecule has 10 heteroatoms. The summed E-state index contributed by atoms with van der Waals surface area (Å²) in [6.07, 6.45) is -1.60. The Morgan fingerprint density at radius 2 is 2.00 bits per heavy atom. The van der Waals surface area contributed by atoms with E-state index in [1.165, 1.54) is 18.3 Å². The molecule has 1 saturated heterocycles. The number of carbonyl (C=O) groups is 1. The molecular formula is C20H17ClF3N3O2S. The summed E-state index contributed by atoms with van der Waals surface area (Å²) < 4.78 is 42.3. The topological polar surface area (TPSA) is 55.3 Å². The molecule has 158 valence electrons. The van der Waals surface area contributed by atoms with Gasteiger partial charge in [-0.3, -0.25) is 4.79 Å². The number of halogens is 4. The molecule has 3 aromatic rings. The van der Waals surface area contributed by atoms with Crippen LogP contribution in [0.2, 0.25) is 5.02 Å². The number of thiazole rings is 1. The third-order valence-corrected chi connectivity index (χ3v) is 6.30. The number of rotatable bonds is 4. The van der Waals surface area contributed by atoms with E-state index in [4.69, 9.17) is 16.6 Å². The Hall–Kier alpha value is -2.39. The van der Waals surface area contributed by atoms with Crippen LogP contribution >= 0.6 is 22.9 Å². The van der Waals surface area contributed by atoms with Crippen LogP contribution in [0.3, 0.4) is 0 Å². The van der Waals surface area contributed by atoms with E-state index in [1.54, 1.807) is 16.2 Å². The molecule has 2 aromatic heterocycles. The van der Waals surface area contributed by atoms with Crippen molar-refractivity contribution in [2.24, 2.45) is 0 Å². The van der Waals surface area contributed by atoms with E-state index < -0.39 is 12.8 Å². The first kappa shape index (κ1) is 20.9. The van der Waals surface area contributed by atoms with E-state index >= 15 is 0 Å². The van der Waals surface area contributed by atoms with Gasteiger partial charge in [-0.15, -0.1) is 11.3 Å². The number of carbonyl (C=O) groups excluding carboxylic acids is 1. The molecule has 1 fully saturated rings. The van der Waals surface area contributed by atoms with E-state index in [1.807, 2.05) is 18.2 Å². The molecule has 30 heavy (non-hydrogen) atoms. The molecule has 4 rings (SSSR count). The number of aromatic nitrogens is 2. The van der Waals surface area contributed by atoms with Crippen molar-refractivity contribution in [3.05, 3.63) is 52.1 Å². The molecular weight excluding hydrogens is 439 g/mol. The van der Waals surface area contributed by atoms with E-state index in [0.29, 0.717) is 23.7 Å². The Labute approximate surface area is 179 Å². The highest BCUT2D eigenvalue weighted by Crippen LogP contribution is 2.35. The number of likely N-dealkylation sites (tertiary alicyclic amines) is 1. The normalized spacial score (nSPS) is 15.5. The first-order chi connectivity index (χ1) is 14.3. The number of pyridine rings is 1. The molecule has 0 atom stereocenters. The van der Waals surface area contributed by atoms with Crippen LogP contribution in [-0.2, 0) is 0 Å². The van der Waals surface area contributed by atoms with Gasteiger partial charge in [0.05, 0.1) is 20.8 Å². The first-order valence-corrected chi connectivity index (χ1v) is 10.5. The Bertz CT molecular complexity index is 1050. The molecule has 0 spiro atoms. The van der Waals surface area contributed by atoms with Gasteiger partial charge in [-0.05, 0) is 37.1 Å². The molecule has 1 aliphatic heterocycles. The van der Waals surface area contributed by atoms with Crippen molar-refractivity contribution in [3.8, 4) is 5.88 Å². The monoisotopic (exact) mass is 455 g/mol. The van der Waals surface area contributed by atoms with Gasteiger partial charge >= 0.3 is 6.18 Å². The number of benzene rings is 1. The van der Waals surface area contributed by atoms with Crippen molar-refractivity contribution >= 4 is 39.1 Å². The van der Waals surface area contributed by atoms with Crippen LogP contribution in [0.4, 0.5) is 13.2 Å². The van der Waals surface area contributed by atoms with Gasteiger partial charge in [0.15, 0.2) is 6.61 Å². The van der Waals surface area contributed by atoms with Crippen LogP contribution in [0.15, 0.2) is 36.5 Å². The standard InChI is InChI=1S/C20H17ClF3N3O2S/c21-14-2-3-16-15(9-14)26-18(30-16)12-5-7-27(8-6-12)19(28)13-1-4-17(25-10-13)29-11-20(22,23)24/h1-4,9-10,12H,5-8,11H2. The van der Waals surface area contributed by atoms with Crippen LogP contribution in [0.5, 0.6) is 5.88 Å². The number of nitrogens with zero attached hydrogens (tertiary/aromatic N) is 3. The maximum absolute atomic E-state index is 12.7. The lowest BCUT2D eigenvalue weighted by molar-refractivity contribution is -0.154. The lowest BCUT2D eigenvalue weighted by Gasteiger charge is -2.31. The van der Waals surface area contributed by atoms with E-state index in [-0.39, 0.29) is 17.7 Å². The molecule has 3 heterocycles. The predicted octanol–water partition coefficient (Wildman–Crippen LogP) is 5.31. The number of hydrogen-bond acceptors (Lipinski definition) is 5. The number of fused-ring (bicyclic) bond motifs is 1. The summed E-state index contributed by atoms with van der Waals surface area (Å²) in [5.74, 6) is -0.0839. The second-order valence-electron chi connectivity index (χ2n) is 7.02. The van der Waals surface area contributed by atoms with E-state index in [0.717, 1.165) is 28.1 Å². The summed E-state index contributed by atoms with van der Waals surface area (Å²) in [5, 5.41) is 1.70. The largest absolute Gasteiger partial charge is 0.468 e. The van der Waals surface area contributed by atoms with E-state index in [2.05, 4.69) is 9.72 Å². The van der Waals surface area contributed by atoms with Gasteiger partial charge in [-0.1, -0.05) is 11.6 Å². The summed E-state index contributed by atoms with van der Waals surface area (Å²) in [4.78, 5) is 22.9. The summed E-state index contributed by atoms with van der Waals surface area (Å²) in [6, 6.07) is 8.38. The Morgan fingerprint density at radius 3 is 2.67 bits per heavy atom. The maximum Gasteiger partial charge on any atom is 0.422 e. The number of alkyl halides is 3. The van der Waals surface area contributed by atoms with Gasteiger partial charge in [0.2, 0.25) is 5.88 Å².